The van der Waals surface area contributed by atoms with Gasteiger partial charge in [-0.1, -0.05) is 32.0 Å². The molecule has 1 heterocycles. The van der Waals surface area contributed by atoms with E-state index in [1.165, 1.54) is 16.4 Å². The second-order valence-corrected chi connectivity index (χ2v) is 9.05. The molecule has 0 spiro atoms. The Balaban J connectivity index is 1.82. The maximum atomic E-state index is 13.2. The molecule has 0 aliphatic carbocycles. The maximum Gasteiger partial charge on any atom is 0.251 e. The second-order valence-electron chi connectivity index (χ2n) is 7.04. The summed E-state index contributed by atoms with van der Waals surface area (Å²) in [6, 6.07) is 12.4. The average molecular weight is 390 g/mol. The molecule has 1 aliphatic heterocycles. The normalized spacial score (nSPS) is 17.1. The van der Waals surface area contributed by atoms with Crippen molar-refractivity contribution < 1.29 is 17.6 Å². The number of benzene rings is 2. The van der Waals surface area contributed by atoms with Crippen molar-refractivity contribution in [2.24, 2.45) is 5.92 Å². The zero-order chi connectivity index (χ0) is 19.6. The number of carbonyl (C=O) groups excluding carboxylic acids is 1. The smallest absolute Gasteiger partial charge is 0.251 e. The van der Waals surface area contributed by atoms with Crippen molar-refractivity contribution >= 4 is 21.6 Å². The highest BCUT2D eigenvalue weighted by Crippen LogP contribution is 2.26. The topological polar surface area (TPSA) is 66.5 Å². The monoisotopic (exact) mass is 390 g/mol. The highest BCUT2D eigenvalue weighted by atomic mass is 32.2. The minimum absolute atomic E-state index is 0.0987. The van der Waals surface area contributed by atoms with Crippen LogP contribution in [0.25, 0.3) is 0 Å². The van der Waals surface area contributed by atoms with Crippen molar-refractivity contribution in [2.75, 3.05) is 16.6 Å². The first-order valence-electron chi connectivity index (χ1n) is 8.95. The largest absolute Gasteiger partial charge is 0.345 e. The molecular formula is C20H23FN2O3S. The van der Waals surface area contributed by atoms with Crippen molar-refractivity contribution in [3.8, 4) is 0 Å². The lowest BCUT2D eigenvalue weighted by molar-refractivity contribution is 0.0925. The van der Waals surface area contributed by atoms with E-state index in [4.69, 9.17) is 0 Å². The standard InChI is InChI=1S/C20H23FN2O3S/c1-14(2)19(15-7-9-17(21)10-8-15)22-20(24)16-5-3-6-18(13-16)23-11-4-12-27(23,25)26/h3,5-10,13-14,19H,4,11-12H2,1-2H3,(H,22,24). The average Bonchev–Trinajstić information content (AvgIpc) is 2.99. The molecule has 0 radical (unpaired) electrons. The van der Waals surface area contributed by atoms with Crippen molar-refractivity contribution in [1.82, 2.24) is 5.32 Å². The summed E-state index contributed by atoms with van der Waals surface area (Å²) in [4.78, 5) is 12.8. The Hall–Kier alpha value is -2.41. The fourth-order valence-corrected chi connectivity index (χ4v) is 4.82. The Labute approximate surface area is 159 Å². The molecule has 0 saturated carbocycles. The minimum Gasteiger partial charge on any atom is -0.345 e. The molecule has 1 saturated heterocycles. The molecule has 1 fully saturated rings. The van der Waals surface area contributed by atoms with E-state index >= 15 is 0 Å². The van der Waals surface area contributed by atoms with E-state index in [9.17, 15) is 17.6 Å². The van der Waals surface area contributed by atoms with Crippen LogP contribution in [0.3, 0.4) is 0 Å². The molecule has 2 aromatic rings. The van der Waals surface area contributed by atoms with Gasteiger partial charge in [-0.3, -0.25) is 9.10 Å². The van der Waals surface area contributed by atoms with E-state index in [0.717, 1.165) is 5.56 Å². The fourth-order valence-electron chi connectivity index (χ4n) is 3.26. The van der Waals surface area contributed by atoms with Gasteiger partial charge < -0.3 is 5.32 Å². The second kappa shape index (κ2) is 7.68. The highest BCUT2D eigenvalue weighted by molar-refractivity contribution is 7.93. The molecule has 144 valence electrons. The van der Waals surface area contributed by atoms with Crippen molar-refractivity contribution in [3.63, 3.8) is 0 Å². The van der Waals surface area contributed by atoms with Gasteiger partial charge in [0.05, 0.1) is 17.5 Å². The fraction of sp³-hybridized carbons (Fsp3) is 0.350. The lowest BCUT2D eigenvalue weighted by Crippen LogP contribution is -2.32. The van der Waals surface area contributed by atoms with Crippen LogP contribution in [0.1, 0.15) is 42.2 Å². The molecule has 1 aliphatic rings. The molecule has 7 heteroatoms. The van der Waals surface area contributed by atoms with Crippen LogP contribution in [0, 0.1) is 11.7 Å². The van der Waals surface area contributed by atoms with Gasteiger partial charge in [-0.15, -0.1) is 0 Å². The predicted octanol–water partition coefficient (Wildman–Crippen LogP) is 3.49. The summed E-state index contributed by atoms with van der Waals surface area (Å²) >= 11 is 0. The van der Waals surface area contributed by atoms with Gasteiger partial charge in [-0.2, -0.15) is 0 Å². The Morgan fingerprint density at radius 2 is 1.85 bits per heavy atom. The molecular weight excluding hydrogens is 367 g/mol. The number of anilines is 1. The third kappa shape index (κ3) is 4.30. The molecule has 0 bridgehead atoms. The number of rotatable bonds is 5. The molecule has 1 atom stereocenters. The Morgan fingerprint density at radius 3 is 2.44 bits per heavy atom. The number of nitrogens with zero attached hydrogens (tertiary/aromatic N) is 1. The highest BCUT2D eigenvalue weighted by Gasteiger charge is 2.29. The molecule has 0 aromatic heterocycles. The number of carbonyl (C=O) groups is 1. The summed E-state index contributed by atoms with van der Waals surface area (Å²) in [5.41, 5.74) is 1.71. The first-order chi connectivity index (χ1) is 12.8. The van der Waals surface area contributed by atoms with Crippen molar-refractivity contribution in [2.45, 2.75) is 26.3 Å². The zero-order valence-electron chi connectivity index (χ0n) is 15.4. The predicted molar refractivity (Wildman–Crippen MR) is 104 cm³/mol. The van der Waals surface area contributed by atoms with Gasteiger partial charge in [0.2, 0.25) is 10.0 Å². The van der Waals surface area contributed by atoms with E-state index in [2.05, 4.69) is 5.32 Å². The molecule has 2 aromatic carbocycles. The van der Waals surface area contributed by atoms with Crippen LogP contribution >= 0.6 is 0 Å². The first kappa shape index (κ1) is 19.4. The van der Waals surface area contributed by atoms with Crippen molar-refractivity contribution in [1.29, 1.82) is 0 Å². The van der Waals surface area contributed by atoms with Crippen LogP contribution in [-0.4, -0.2) is 26.6 Å². The lowest BCUT2D eigenvalue weighted by atomic mass is 9.95. The third-order valence-corrected chi connectivity index (χ3v) is 6.55. The molecule has 1 unspecified atom stereocenters. The maximum absolute atomic E-state index is 13.2. The first-order valence-corrected chi connectivity index (χ1v) is 10.6. The van der Waals surface area contributed by atoms with E-state index in [1.54, 1.807) is 36.4 Å². The SMILES string of the molecule is CC(C)C(NC(=O)c1cccc(N2CCCS2(=O)=O)c1)c1ccc(F)cc1. The summed E-state index contributed by atoms with van der Waals surface area (Å²) in [7, 11) is -3.30. The lowest BCUT2D eigenvalue weighted by Gasteiger charge is -2.23. The zero-order valence-corrected chi connectivity index (χ0v) is 16.2. The molecule has 27 heavy (non-hydrogen) atoms. The summed E-state index contributed by atoms with van der Waals surface area (Å²) in [6.45, 7) is 4.38. The molecule has 1 N–H and O–H groups in total. The number of hydrogen-bond donors (Lipinski definition) is 1. The minimum atomic E-state index is -3.30. The van der Waals surface area contributed by atoms with Crippen LogP contribution < -0.4 is 9.62 Å². The molecule has 3 rings (SSSR count). The number of nitrogens with one attached hydrogen (secondary N) is 1. The number of hydrogen-bond acceptors (Lipinski definition) is 3. The molecule has 1 amide bonds. The van der Waals surface area contributed by atoms with Gasteiger partial charge in [0.15, 0.2) is 0 Å². The van der Waals surface area contributed by atoms with Gasteiger partial charge in [0.25, 0.3) is 5.91 Å². The number of sulfonamides is 1. The summed E-state index contributed by atoms with van der Waals surface area (Å²) in [5, 5.41) is 2.98. The Kier molecular flexibility index (Phi) is 5.51. The summed E-state index contributed by atoms with van der Waals surface area (Å²) in [6.07, 6.45) is 0.582. The van der Waals surface area contributed by atoms with Crippen LogP contribution in [0.15, 0.2) is 48.5 Å². The van der Waals surface area contributed by atoms with E-state index < -0.39 is 10.0 Å². The Morgan fingerprint density at radius 1 is 1.15 bits per heavy atom. The number of halogens is 1. The van der Waals surface area contributed by atoms with E-state index in [0.29, 0.717) is 24.2 Å². The summed E-state index contributed by atoms with van der Waals surface area (Å²) < 4.78 is 38.8. The van der Waals surface area contributed by atoms with Crippen molar-refractivity contribution in [3.05, 3.63) is 65.5 Å². The summed E-state index contributed by atoms with van der Waals surface area (Å²) in [5.74, 6) is -0.395. The van der Waals surface area contributed by atoms with Gasteiger partial charge in [-0.05, 0) is 48.2 Å². The van der Waals surface area contributed by atoms with Crippen LogP contribution in [0.5, 0.6) is 0 Å². The Bertz CT molecular complexity index is 926. The molecule has 5 nitrogen and oxygen atoms in total. The van der Waals surface area contributed by atoms with Gasteiger partial charge in [0.1, 0.15) is 5.82 Å². The quantitative estimate of drug-likeness (QED) is 0.850. The van der Waals surface area contributed by atoms with Crippen LogP contribution in [-0.2, 0) is 10.0 Å². The third-order valence-electron chi connectivity index (χ3n) is 4.68. The van der Waals surface area contributed by atoms with Gasteiger partial charge in [0, 0.05) is 12.1 Å². The van der Waals surface area contributed by atoms with E-state index in [-0.39, 0.29) is 29.4 Å². The van der Waals surface area contributed by atoms with Crippen LogP contribution in [0.2, 0.25) is 0 Å². The van der Waals surface area contributed by atoms with Gasteiger partial charge in [-0.25, -0.2) is 12.8 Å². The van der Waals surface area contributed by atoms with Crippen LogP contribution in [0.4, 0.5) is 10.1 Å². The number of amides is 1. The van der Waals surface area contributed by atoms with E-state index in [1.807, 2.05) is 13.8 Å². The van der Waals surface area contributed by atoms with Gasteiger partial charge >= 0.3 is 0 Å².